The van der Waals surface area contributed by atoms with Crippen LogP contribution in [-0.2, 0) is 18.4 Å². The van der Waals surface area contributed by atoms with E-state index in [2.05, 4.69) is 21.4 Å². The van der Waals surface area contributed by atoms with Gasteiger partial charge in [-0.05, 0) is 36.1 Å². The molecule has 1 aromatic carbocycles. The van der Waals surface area contributed by atoms with Crippen molar-refractivity contribution < 1.29 is 9.84 Å². The fraction of sp³-hybridized carbons (Fsp3) is 0.353. The summed E-state index contributed by atoms with van der Waals surface area (Å²) in [5.41, 5.74) is 5.44. The molecule has 1 aliphatic heterocycles. The first-order valence-corrected chi connectivity index (χ1v) is 7.77. The number of hydrogen-bond donors (Lipinski definition) is 1. The van der Waals surface area contributed by atoms with Crippen LogP contribution in [0.3, 0.4) is 0 Å². The zero-order chi connectivity index (χ0) is 15.6. The summed E-state index contributed by atoms with van der Waals surface area (Å²) in [6.45, 7) is 0.520. The van der Waals surface area contributed by atoms with Gasteiger partial charge in [-0.2, -0.15) is 0 Å². The number of fused-ring (bicyclic) bond motifs is 2. The highest BCUT2D eigenvalue weighted by atomic mass is 16.5. The lowest BCUT2D eigenvalue weighted by Gasteiger charge is -2.31. The number of rotatable bonds is 1. The SMILES string of the molecule is Cn1nnc2ccc(-c3cncc4c3COC3(CC3)C4O)cc21. The summed E-state index contributed by atoms with van der Waals surface area (Å²) in [6, 6.07) is 6.03. The maximum Gasteiger partial charge on any atom is 0.113 e. The van der Waals surface area contributed by atoms with Gasteiger partial charge in [0.05, 0.1) is 17.7 Å². The van der Waals surface area contributed by atoms with Crippen LogP contribution in [0, 0.1) is 0 Å². The van der Waals surface area contributed by atoms with Crippen LogP contribution < -0.4 is 0 Å². The largest absolute Gasteiger partial charge is 0.385 e. The summed E-state index contributed by atoms with van der Waals surface area (Å²) < 4.78 is 7.72. The van der Waals surface area contributed by atoms with Crippen LogP contribution in [0.5, 0.6) is 0 Å². The van der Waals surface area contributed by atoms with Gasteiger partial charge in [0.25, 0.3) is 0 Å². The van der Waals surface area contributed by atoms with E-state index in [0.717, 1.165) is 46.1 Å². The Bertz CT molecular complexity index is 929. The van der Waals surface area contributed by atoms with Gasteiger partial charge in [0, 0.05) is 30.6 Å². The molecule has 0 bridgehead atoms. The Hall–Kier alpha value is -2.31. The second kappa shape index (κ2) is 4.37. The van der Waals surface area contributed by atoms with Crippen molar-refractivity contribution in [3.8, 4) is 11.1 Å². The van der Waals surface area contributed by atoms with Gasteiger partial charge in [-0.15, -0.1) is 5.10 Å². The van der Waals surface area contributed by atoms with Gasteiger partial charge in [-0.25, -0.2) is 4.68 Å². The fourth-order valence-electron chi connectivity index (χ4n) is 3.47. The third kappa shape index (κ3) is 1.79. The Kier molecular flexibility index (Phi) is 2.50. The Morgan fingerprint density at radius 1 is 1.30 bits per heavy atom. The van der Waals surface area contributed by atoms with Gasteiger partial charge in [0.15, 0.2) is 0 Å². The van der Waals surface area contributed by atoms with Crippen LogP contribution in [0.2, 0.25) is 0 Å². The summed E-state index contributed by atoms with van der Waals surface area (Å²) in [5.74, 6) is 0. The summed E-state index contributed by atoms with van der Waals surface area (Å²) in [5, 5.41) is 18.8. The first kappa shape index (κ1) is 13.2. The maximum absolute atomic E-state index is 10.6. The van der Waals surface area contributed by atoms with Crippen LogP contribution in [0.4, 0.5) is 0 Å². The molecule has 5 rings (SSSR count). The van der Waals surface area contributed by atoms with Gasteiger partial charge in [0.1, 0.15) is 11.6 Å². The van der Waals surface area contributed by atoms with Crippen molar-refractivity contribution in [2.75, 3.05) is 0 Å². The van der Waals surface area contributed by atoms with E-state index < -0.39 is 6.10 Å². The van der Waals surface area contributed by atoms with Gasteiger partial charge in [-0.3, -0.25) is 4.98 Å². The number of hydrogen-bond acceptors (Lipinski definition) is 5. The molecule has 1 spiro atoms. The number of pyridine rings is 1. The molecule has 1 unspecified atom stereocenters. The van der Waals surface area contributed by atoms with Crippen LogP contribution in [0.15, 0.2) is 30.6 Å². The molecule has 2 aromatic heterocycles. The average Bonchev–Trinajstić information content (AvgIpc) is 3.28. The number of ether oxygens (including phenoxy) is 1. The molecule has 6 nitrogen and oxygen atoms in total. The molecule has 1 atom stereocenters. The molecule has 6 heteroatoms. The molecule has 1 saturated carbocycles. The molecule has 116 valence electrons. The zero-order valence-electron chi connectivity index (χ0n) is 12.7. The topological polar surface area (TPSA) is 73.1 Å². The predicted molar refractivity (Wildman–Crippen MR) is 83.5 cm³/mol. The van der Waals surface area contributed by atoms with Crippen LogP contribution in [0.25, 0.3) is 22.2 Å². The number of benzene rings is 1. The smallest absolute Gasteiger partial charge is 0.113 e. The minimum Gasteiger partial charge on any atom is -0.385 e. The number of aliphatic hydroxyl groups is 1. The molecule has 1 N–H and O–H groups in total. The van der Waals surface area contributed by atoms with Crippen molar-refractivity contribution in [3.05, 3.63) is 41.7 Å². The van der Waals surface area contributed by atoms with E-state index in [1.807, 2.05) is 25.4 Å². The molecule has 3 heterocycles. The minimum absolute atomic E-state index is 0.358. The van der Waals surface area contributed by atoms with Gasteiger partial charge < -0.3 is 9.84 Å². The van der Waals surface area contributed by atoms with Crippen molar-refractivity contribution in [1.82, 2.24) is 20.0 Å². The third-order valence-corrected chi connectivity index (χ3v) is 5.05. The lowest BCUT2D eigenvalue weighted by atomic mass is 9.91. The van der Waals surface area contributed by atoms with Gasteiger partial charge in [0.2, 0.25) is 0 Å². The van der Waals surface area contributed by atoms with E-state index in [4.69, 9.17) is 4.74 Å². The van der Waals surface area contributed by atoms with Crippen molar-refractivity contribution in [3.63, 3.8) is 0 Å². The minimum atomic E-state index is -0.583. The summed E-state index contributed by atoms with van der Waals surface area (Å²) >= 11 is 0. The number of nitrogens with zero attached hydrogens (tertiary/aromatic N) is 4. The normalized spacial score (nSPS) is 21.6. The average molecular weight is 308 g/mol. The second-order valence-corrected chi connectivity index (χ2v) is 6.43. The number of aliphatic hydroxyl groups excluding tert-OH is 1. The Labute approximate surface area is 132 Å². The Morgan fingerprint density at radius 2 is 2.17 bits per heavy atom. The van der Waals surface area contributed by atoms with Crippen molar-refractivity contribution in [2.45, 2.75) is 31.2 Å². The van der Waals surface area contributed by atoms with E-state index in [0.29, 0.717) is 6.61 Å². The lowest BCUT2D eigenvalue weighted by molar-refractivity contribution is -0.0827. The first-order valence-electron chi connectivity index (χ1n) is 7.77. The Morgan fingerprint density at radius 3 is 3.00 bits per heavy atom. The van der Waals surface area contributed by atoms with Gasteiger partial charge >= 0.3 is 0 Å². The van der Waals surface area contributed by atoms with E-state index in [-0.39, 0.29) is 5.60 Å². The summed E-state index contributed by atoms with van der Waals surface area (Å²) in [7, 11) is 1.88. The molecule has 1 aliphatic carbocycles. The quantitative estimate of drug-likeness (QED) is 0.745. The van der Waals surface area contributed by atoms with E-state index in [1.165, 1.54) is 0 Å². The molecule has 0 saturated heterocycles. The highest BCUT2D eigenvalue weighted by molar-refractivity contribution is 5.82. The fourth-order valence-corrected chi connectivity index (χ4v) is 3.47. The summed E-state index contributed by atoms with van der Waals surface area (Å²) in [4.78, 5) is 4.35. The molecule has 0 radical (unpaired) electrons. The monoisotopic (exact) mass is 308 g/mol. The van der Waals surface area contributed by atoms with Crippen LogP contribution >= 0.6 is 0 Å². The second-order valence-electron chi connectivity index (χ2n) is 6.43. The van der Waals surface area contributed by atoms with E-state index >= 15 is 0 Å². The zero-order valence-corrected chi connectivity index (χ0v) is 12.7. The van der Waals surface area contributed by atoms with Crippen molar-refractivity contribution in [2.24, 2.45) is 7.05 Å². The predicted octanol–water partition coefficient (Wildman–Crippen LogP) is 2.13. The first-order chi connectivity index (χ1) is 11.2. The van der Waals surface area contributed by atoms with E-state index in [9.17, 15) is 5.11 Å². The molecular weight excluding hydrogens is 292 g/mol. The molecule has 2 aliphatic rings. The Balaban J connectivity index is 1.68. The number of aryl methyl sites for hydroxylation is 1. The maximum atomic E-state index is 10.6. The molecular formula is C17H16N4O2. The highest BCUT2D eigenvalue weighted by Crippen LogP contribution is 2.53. The summed E-state index contributed by atoms with van der Waals surface area (Å²) in [6.07, 6.45) is 4.87. The molecule has 1 fully saturated rings. The molecule has 23 heavy (non-hydrogen) atoms. The van der Waals surface area contributed by atoms with Crippen LogP contribution in [-0.4, -0.2) is 30.7 Å². The highest BCUT2D eigenvalue weighted by Gasteiger charge is 2.54. The van der Waals surface area contributed by atoms with Crippen LogP contribution in [0.1, 0.15) is 30.1 Å². The number of aromatic nitrogens is 4. The molecule has 3 aromatic rings. The lowest BCUT2D eigenvalue weighted by Crippen LogP contribution is -2.30. The third-order valence-electron chi connectivity index (χ3n) is 5.05. The van der Waals surface area contributed by atoms with E-state index in [1.54, 1.807) is 10.9 Å². The standard InChI is InChI=1S/C17H16N4O2/c1-21-15-6-10(2-3-14(15)19-20-21)11-7-18-8-12-13(11)9-23-17(4-5-17)16(12)22/h2-3,6-8,16,22H,4-5,9H2,1H3. The van der Waals surface area contributed by atoms with Crippen molar-refractivity contribution >= 4 is 11.0 Å². The molecule has 0 amide bonds. The van der Waals surface area contributed by atoms with Gasteiger partial charge in [-0.1, -0.05) is 11.3 Å². The van der Waals surface area contributed by atoms with Crippen molar-refractivity contribution in [1.29, 1.82) is 0 Å².